The van der Waals surface area contributed by atoms with Crippen LogP contribution >= 0.6 is 11.8 Å². The lowest BCUT2D eigenvalue weighted by Gasteiger charge is -2.13. The van der Waals surface area contributed by atoms with Gasteiger partial charge in [0, 0.05) is 4.90 Å². The molecule has 0 radical (unpaired) electrons. The molecule has 0 saturated carbocycles. The fourth-order valence-corrected chi connectivity index (χ4v) is 3.25. The Bertz CT molecular complexity index is 501. The topological polar surface area (TPSA) is 26.3 Å². The van der Waals surface area contributed by atoms with Gasteiger partial charge in [-0.15, -0.1) is 11.8 Å². The van der Waals surface area contributed by atoms with Crippen LogP contribution < -0.4 is 0 Å². The third-order valence-corrected chi connectivity index (χ3v) is 4.62. The monoisotopic (exact) mass is 348 g/mol. The van der Waals surface area contributed by atoms with E-state index in [1.54, 1.807) is 0 Å². The molecule has 0 aliphatic rings. The molecule has 1 aromatic carbocycles. The molecule has 0 aromatic heterocycles. The van der Waals surface area contributed by atoms with Gasteiger partial charge in [-0.05, 0) is 30.4 Å². The molecule has 23 heavy (non-hydrogen) atoms. The molecule has 0 amide bonds. The summed E-state index contributed by atoms with van der Waals surface area (Å²) < 4.78 is 43.9. The molecule has 0 saturated heterocycles. The highest BCUT2D eigenvalue weighted by atomic mass is 32.2. The molecule has 6 heteroatoms. The van der Waals surface area contributed by atoms with Crippen LogP contribution in [0.25, 0.3) is 0 Å². The van der Waals surface area contributed by atoms with Crippen molar-refractivity contribution in [2.24, 2.45) is 0 Å². The number of thioether (sulfide) groups is 1. The van der Waals surface area contributed by atoms with Gasteiger partial charge in [0.1, 0.15) is 0 Å². The smallest absolute Gasteiger partial charge is 0.417 e. The Hall–Kier alpha value is -1.17. The zero-order chi connectivity index (χ0) is 17.3. The lowest BCUT2D eigenvalue weighted by molar-refractivity contribution is -0.139. The third-order valence-electron chi connectivity index (χ3n) is 3.46. The van der Waals surface area contributed by atoms with E-state index in [0.29, 0.717) is 5.75 Å². The number of methoxy groups -OCH3 is 1. The predicted molar refractivity (Wildman–Crippen MR) is 86.9 cm³/mol. The minimum absolute atomic E-state index is 0.0799. The first kappa shape index (κ1) is 19.9. The zero-order valence-corrected chi connectivity index (χ0v) is 14.4. The van der Waals surface area contributed by atoms with Crippen molar-refractivity contribution in [1.82, 2.24) is 0 Å². The standard InChI is InChI=1S/C17H23F3O2S/c1-3-4-5-6-7-8-11-23-15-10-9-13(16(21)22-2)12-14(15)17(18,19)20/h9-10,12H,3-8,11H2,1-2H3. The van der Waals surface area contributed by atoms with E-state index in [1.807, 2.05) is 0 Å². The van der Waals surface area contributed by atoms with Gasteiger partial charge in [-0.1, -0.05) is 39.0 Å². The minimum Gasteiger partial charge on any atom is -0.465 e. The van der Waals surface area contributed by atoms with Crippen molar-refractivity contribution in [2.45, 2.75) is 56.5 Å². The summed E-state index contributed by atoms with van der Waals surface area (Å²) in [4.78, 5) is 11.6. The number of halogens is 3. The predicted octanol–water partition coefficient (Wildman–Crippen LogP) is 5.94. The summed E-state index contributed by atoms with van der Waals surface area (Å²) in [5.41, 5.74) is -0.847. The lowest BCUT2D eigenvalue weighted by Crippen LogP contribution is -2.10. The van der Waals surface area contributed by atoms with E-state index in [-0.39, 0.29) is 10.5 Å². The number of carbonyl (C=O) groups excluding carboxylic acids is 1. The molecule has 0 N–H and O–H groups in total. The molecule has 0 aliphatic heterocycles. The van der Waals surface area contributed by atoms with Gasteiger partial charge in [-0.3, -0.25) is 0 Å². The first-order valence-electron chi connectivity index (χ1n) is 7.82. The van der Waals surface area contributed by atoms with E-state index >= 15 is 0 Å². The van der Waals surface area contributed by atoms with Crippen molar-refractivity contribution >= 4 is 17.7 Å². The highest BCUT2D eigenvalue weighted by Gasteiger charge is 2.34. The SMILES string of the molecule is CCCCCCCCSc1ccc(C(=O)OC)cc1C(F)(F)F. The maximum Gasteiger partial charge on any atom is 0.417 e. The molecule has 0 unspecified atom stereocenters. The Balaban J connectivity index is 2.65. The molecule has 0 spiro atoms. The Labute approximate surface area is 139 Å². The number of ether oxygens (including phenoxy) is 1. The van der Waals surface area contributed by atoms with Crippen LogP contribution in [0.2, 0.25) is 0 Å². The van der Waals surface area contributed by atoms with Crippen LogP contribution in [0.4, 0.5) is 13.2 Å². The summed E-state index contributed by atoms with van der Waals surface area (Å²) in [5.74, 6) is -0.116. The van der Waals surface area contributed by atoms with Crippen molar-refractivity contribution < 1.29 is 22.7 Å². The van der Waals surface area contributed by atoms with Crippen molar-refractivity contribution in [2.75, 3.05) is 12.9 Å². The second-order valence-electron chi connectivity index (χ2n) is 5.32. The van der Waals surface area contributed by atoms with Gasteiger partial charge >= 0.3 is 12.1 Å². The largest absolute Gasteiger partial charge is 0.465 e. The molecule has 0 bridgehead atoms. The van der Waals surface area contributed by atoms with E-state index in [1.165, 1.54) is 43.2 Å². The third kappa shape index (κ3) is 6.85. The second kappa shape index (κ2) is 9.85. The Kier molecular flexibility index (Phi) is 8.52. The van der Waals surface area contributed by atoms with Crippen LogP contribution in [0.5, 0.6) is 0 Å². The number of hydrogen-bond acceptors (Lipinski definition) is 3. The molecule has 0 heterocycles. The number of unbranched alkanes of at least 4 members (excludes halogenated alkanes) is 5. The summed E-state index contributed by atoms with van der Waals surface area (Å²) in [6, 6.07) is 3.61. The molecule has 1 rings (SSSR count). The molecular weight excluding hydrogens is 325 g/mol. The van der Waals surface area contributed by atoms with Crippen molar-refractivity contribution in [3.8, 4) is 0 Å². The number of hydrogen-bond donors (Lipinski definition) is 0. The summed E-state index contributed by atoms with van der Waals surface area (Å²) in [7, 11) is 1.15. The molecule has 0 fully saturated rings. The average molecular weight is 348 g/mol. The zero-order valence-electron chi connectivity index (χ0n) is 13.5. The number of alkyl halides is 3. The molecule has 0 atom stereocenters. The minimum atomic E-state index is -4.48. The highest BCUT2D eigenvalue weighted by Crippen LogP contribution is 2.37. The van der Waals surface area contributed by atoms with Gasteiger partial charge in [0.25, 0.3) is 0 Å². The average Bonchev–Trinajstić information content (AvgIpc) is 2.52. The number of esters is 1. The summed E-state index contributed by atoms with van der Waals surface area (Å²) in [6.45, 7) is 2.15. The Morgan fingerprint density at radius 1 is 1.13 bits per heavy atom. The van der Waals surface area contributed by atoms with Gasteiger partial charge in [0.2, 0.25) is 0 Å². The Morgan fingerprint density at radius 3 is 2.39 bits per heavy atom. The molecule has 130 valence electrons. The maximum atomic E-state index is 13.1. The number of carbonyl (C=O) groups is 1. The lowest BCUT2D eigenvalue weighted by atomic mass is 10.1. The van der Waals surface area contributed by atoms with E-state index < -0.39 is 17.7 Å². The summed E-state index contributed by atoms with van der Waals surface area (Å²) >= 11 is 1.19. The Morgan fingerprint density at radius 2 is 1.78 bits per heavy atom. The maximum absolute atomic E-state index is 13.1. The van der Waals surface area contributed by atoms with E-state index in [0.717, 1.165) is 32.4 Å². The van der Waals surface area contributed by atoms with Gasteiger partial charge in [0.05, 0.1) is 18.2 Å². The second-order valence-corrected chi connectivity index (χ2v) is 6.45. The fourth-order valence-electron chi connectivity index (χ4n) is 2.19. The molecule has 1 aromatic rings. The first-order valence-corrected chi connectivity index (χ1v) is 8.81. The van der Waals surface area contributed by atoms with Gasteiger partial charge in [-0.25, -0.2) is 4.79 Å². The van der Waals surface area contributed by atoms with Crippen molar-refractivity contribution in [1.29, 1.82) is 0 Å². The van der Waals surface area contributed by atoms with Crippen LogP contribution in [-0.4, -0.2) is 18.8 Å². The van der Waals surface area contributed by atoms with Crippen molar-refractivity contribution in [3.05, 3.63) is 29.3 Å². The quantitative estimate of drug-likeness (QED) is 0.314. The van der Waals surface area contributed by atoms with Crippen LogP contribution in [0.1, 0.15) is 61.4 Å². The van der Waals surface area contributed by atoms with Crippen LogP contribution in [0.15, 0.2) is 23.1 Å². The van der Waals surface area contributed by atoms with E-state index in [2.05, 4.69) is 11.7 Å². The number of benzene rings is 1. The van der Waals surface area contributed by atoms with Gasteiger partial charge in [-0.2, -0.15) is 13.2 Å². The first-order chi connectivity index (χ1) is 10.9. The van der Waals surface area contributed by atoms with Crippen LogP contribution in [0.3, 0.4) is 0 Å². The molecular formula is C17H23F3O2S. The van der Waals surface area contributed by atoms with Crippen LogP contribution in [0, 0.1) is 0 Å². The van der Waals surface area contributed by atoms with Crippen LogP contribution in [-0.2, 0) is 10.9 Å². The fraction of sp³-hybridized carbons (Fsp3) is 0.588. The highest BCUT2D eigenvalue weighted by molar-refractivity contribution is 7.99. The van der Waals surface area contributed by atoms with E-state index in [4.69, 9.17) is 0 Å². The summed E-state index contributed by atoms with van der Waals surface area (Å²) in [5, 5.41) is 0. The van der Waals surface area contributed by atoms with Gasteiger partial charge < -0.3 is 4.74 Å². The number of rotatable bonds is 9. The summed E-state index contributed by atoms with van der Waals surface area (Å²) in [6.07, 6.45) is 2.15. The molecule has 0 aliphatic carbocycles. The van der Waals surface area contributed by atoms with Gasteiger partial charge in [0.15, 0.2) is 0 Å². The van der Waals surface area contributed by atoms with E-state index in [9.17, 15) is 18.0 Å². The van der Waals surface area contributed by atoms with Crippen molar-refractivity contribution in [3.63, 3.8) is 0 Å². The molecule has 2 nitrogen and oxygen atoms in total. The normalized spacial score (nSPS) is 11.5.